The molecule has 0 unspecified atom stereocenters. The molecule has 0 aromatic heterocycles. The zero-order valence-electron chi connectivity index (χ0n) is 10.9. The van der Waals surface area contributed by atoms with Gasteiger partial charge >= 0.3 is 0 Å². The third-order valence-electron chi connectivity index (χ3n) is 2.10. The molecule has 102 valence electrons. The number of hydrogen-bond acceptors (Lipinski definition) is 5. The lowest BCUT2D eigenvalue weighted by Crippen LogP contribution is -2.14. The van der Waals surface area contributed by atoms with Crippen LogP contribution >= 0.6 is 0 Å². The lowest BCUT2D eigenvalue weighted by Gasteiger charge is -2.13. The molecule has 0 aliphatic rings. The minimum atomic E-state index is -2.96. The molecule has 0 bridgehead atoms. The lowest BCUT2D eigenvalue weighted by molar-refractivity contribution is 0.242. The Morgan fingerprint density at radius 3 is 2.56 bits per heavy atom. The summed E-state index contributed by atoms with van der Waals surface area (Å²) >= 11 is 0. The van der Waals surface area contributed by atoms with Crippen LogP contribution in [0.2, 0.25) is 0 Å². The Bertz CT molecular complexity index is 498. The Balaban J connectivity index is 2.68. The van der Waals surface area contributed by atoms with Crippen molar-refractivity contribution in [2.45, 2.75) is 20.0 Å². The Kier molecular flexibility index (Phi) is 4.84. The molecule has 5 nitrogen and oxygen atoms in total. The molecule has 0 fully saturated rings. The highest BCUT2D eigenvalue weighted by Crippen LogP contribution is 2.23. The van der Waals surface area contributed by atoms with Crippen LogP contribution in [0, 0.1) is 0 Å². The van der Waals surface area contributed by atoms with Gasteiger partial charge < -0.3 is 15.8 Å². The number of sulfone groups is 1. The number of nitrogens with one attached hydrogen (secondary N) is 1. The van der Waals surface area contributed by atoms with E-state index in [1.807, 2.05) is 13.8 Å². The van der Waals surface area contributed by atoms with Gasteiger partial charge in [0.1, 0.15) is 15.6 Å². The molecular weight excluding hydrogens is 252 g/mol. The van der Waals surface area contributed by atoms with Crippen LogP contribution in [0.4, 0.5) is 11.4 Å². The highest BCUT2D eigenvalue weighted by atomic mass is 32.2. The standard InChI is InChI=1S/C12H20N2O3S/c1-9(2)17-12-7-10(13)6-11(8-12)14-4-5-18(3,15)16/h6-9,14H,4-5,13H2,1-3H3. The molecular formula is C12H20N2O3S. The van der Waals surface area contributed by atoms with Crippen molar-refractivity contribution in [3.63, 3.8) is 0 Å². The summed E-state index contributed by atoms with van der Waals surface area (Å²) in [6.07, 6.45) is 1.28. The van der Waals surface area contributed by atoms with E-state index in [2.05, 4.69) is 5.32 Å². The second-order valence-electron chi connectivity index (χ2n) is 4.51. The Hall–Kier alpha value is -1.43. The normalized spacial score (nSPS) is 11.6. The second kappa shape index (κ2) is 5.95. The number of rotatable bonds is 6. The van der Waals surface area contributed by atoms with Gasteiger partial charge in [-0.15, -0.1) is 0 Å². The molecule has 18 heavy (non-hydrogen) atoms. The molecule has 1 aromatic rings. The van der Waals surface area contributed by atoms with E-state index in [0.29, 0.717) is 18.0 Å². The quantitative estimate of drug-likeness (QED) is 0.767. The van der Waals surface area contributed by atoms with Gasteiger partial charge in [0.05, 0.1) is 11.9 Å². The molecule has 3 N–H and O–H groups in total. The van der Waals surface area contributed by atoms with Gasteiger partial charge in [0.25, 0.3) is 0 Å². The molecule has 0 saturated carbocycles. The van der Waals surface area contributed by atoms with Crippen LogP contribution in [-0.2, 0) is 9.84 Å². The zero-order valence-corrected chi connectivity index (χ0v) is 11.8. The average Bonchev–Trinajstić information content (AvgIpc) is 2.12. The van der Waals surface area contributed by atoms with Gasteiger partial charge in [-0.2, -0.15) is 0 Å². The predicted octanol–water partition coefficient (Wildman–Crippen LogP) is 1.51. The molecule has 0 radical (unpaired) electrons. The van der Waals surface area contributed by atoms with Crippen molar-refractivity contribution in [2.24, 2.45) is 0 Å². The zero-order chi connectivity index (χ0) is 13.8. The smallest absolute Gasteiger partial charge is 0.149 e. The molecule has 0 amide bonds. The largest absolute Gasteiger partial charge is 0.491 e. The molecule has 0 aliphatic carbocycles. The summed E-state index contributed by atoms with van der Waals surface area (Å²) in [5.74, 6) is 0.759. The molecule has 0 heterocycles. The fourth-order valence-electron chi connectivity index (χ4n) is 1.45. The molecule has 6 heteroatoms. The van der Waals surface area contributed by atoms with Gasteiger partial charge in [-0.25, -0.2) is 8.42 Å². The van der Waals surface area contributed by atoms with E-state index in [4.69, 9.17) is 10.5 Å². The summed E-state index contributed by atoms with van der Waals surface area (Å²) in [7, 11) is -2.96. The Morgan fingerprint density at radius 1 is 1.33 bits per heavy atom. The number of ether oxygens (including phenoxy) is 1. The van der Waals surface area contributed by atoms with Gasteiger partial charge in [0, 0.05) is 36.3 Å². The summed E-state index contributed by atoms with van der Waals surface area (Å²) in [5, 5.41) is 3.02. The van der Waals surface area contributed by atoms with Crippen molar-refractivity contribution < 1.29 is 13.2 Å². The molecule has 0 spiro atoms. The van der Waals surface area contributed by atoms with Crippen molar-refractivity contribution >= 4 is 21.2 Å². The van der Waals surface area contributed by atoms with E-state index in [9.17, 15) is 8.42 Å². The number of benzene rings is 1. The summed E-state index contributed by atoms with van der Waals surface area (Å²) < 4.78 is 27.6. The van der Waals surface area contributed by atoms with E-state index >= 15 is 0 Å². The highest BCUT2D eigenvalue weighted by molar-refractivity contribution is 7.90. The van der Waals surface area contributed by atoms with E-state index in [0.717, 1.165) is 5.69 Å². The molecule has 0 aliphatic heterocycles. The van der Waals surface area contributed by atoms with Crippen LogP contribution in [0.15, 0.2) is 18.2 Å². The fourth-order valence-corrected chi connectivity index (χ4v) is 1.92. The third-order valence-corrected chi connectivity index (χ3v) is 3.05. The van der Waals surface area contributed by atoms with E-state index < -0.39 is 9.84 Å². The van der Waals surface area contributed by atoms with Crippen LogP contribution in [-0.4, -0.2) is 33.1 Å². The fraction of sp³-hybridized carbons (Fsp3) is 0.500. The van der Waals surface area contributed by atoms with Crippen molar-refractivity contribution in [3.05, 3.63) is 18.2 Å². The first kappa shape index (κ1) is 14.6. The highest BCUT2D eigenvalue weighted by Gasteiger charge is 2.04. The van der Waals surface area contributed by atoms with E-state index in [1.54, 1.807) is 18.2 Å². The summed E-state index contributed by atoms with van der Waals surface area (Å²) in [6, 6.07) is 5.29. The monoisotopic (exact) mass is 272 g/mol. The Labute approximate surface area is 108 Å². The van der Waals surface area contributed by atoms with Gasteiger partial charge in [-0.1, -0.05) is 0 Å². The SMILES string of the molecule is CC(C)Oc1cc(N)cc(NCCS(C)(=O)=O)c1. The van der Waals surface area contributed by atoms with Crippen LogP contribution in [0.25, 0.3) is 0 Å². The van der Waals surface area contributed by atoms with Gasteiger partial charge in [0.15, 0.2) is 0 Å². The molecule has 1 rings (SSSR count). The maximum atomic E-state index is 11.0. The lowest BCUT2D eigenvalue weighted by atomic mass is 10.2. The minimum absolute atomic E-state index is 0.0654. The summed E-state index contributed by atoms with van der Waals surface area (Å²) in [4.78, 5) is 0. The van der Waals surface area contributed by atoms with Crippen molar-refractivity contribution in [1.29, 1.82) is 0 Å². The maximum absolute atomic E-state index is 11.0. The van der Waals surface area contributed by atoms with Gasteiger partial charge in [-0.3, -0.25) is 0 Å². The number of anilines is 2. The van der Waals surface area contributed by atoms with Crippen molar-refractivity contribution in [1.82, 2.24) is 0 Å². The van der Waals surface area contributed by atoms with Crippen molar-refractivity contribution in [3.8, 4) is 5.75 Å². The predicted molar refractivity (Wildman–Crippen MR) is 74.8 cm³/mol. The molecule has 1 aromatic carbocycles. The van der Waals surface area contributed by atoms with Gasteiger partial charge in [-0.05, 0) is 19.9 Å². The van der Waals surface area contributed by atoms with Crippen LogP contribution < -0.4 is 15.8 Å². The first-order valence-corrected chi connectivity index (χ1v) is 7.81. The second-order valence-corrected chi connectivity index (χ2v) is 6.77. The molecule has 0 atom stereocenters. The third kappa shape index (κ3) is 5.77. The first-order chi connectivity index (χ1) is 8.26. The van der Waals surface area contributed by atoms with Crippen molar-refractivity contribution in [2.75, 3.05) is 29.6 Å². The number of nitrogens with two attached hydrogens (primary N) is 1. The van der Waals surface area contributed by atoms with Crippen LogP contribution in [0.5, 0.6) is 5.75 Å². The van der Waals surface area contributed by atoms with Crippen LogP contribution in [0.3, 0.4) is 0 Å². The minimum Gasteiger partial charge on any atom is -0.491 e. The first-order valence-electron chi connectivity index (χ1n) is 5.75. The summed E-state index contributed by atoms with van der Waals surface area (Å²) in [6.45, 7) is 4.21. The topological polar surface area (TPSA) is 81.4 Å². The van der Waals surface area contributed by atoms with E-state index in [-0.39, 0.29) is 11.9 Å². The average molecular weight is 272 g/mol. The summed E-state index contributed by atoms with van der Waals surface area (Å²) in [5.41, 5.74) is 7.09. The number of nitrogen functional groups attached to an aromatic ring is 1. The number of hydrogen-bond donors (Lipinski definition) is 2. The maximum Gasteiger partial charge on any atom is 0.149 e. The molecule has 0 saturated heterocycles. The van der Waals surface area contributed by atoms with E-state index in [1.165, 1.54) is 6.26 Å². The Morgan fingerprint density at radius 2 is 2.00 bits per heavy atom. The van der Waals surface area contributed by atoms with Gasteiger partial charge in [0.2, 0.25) is 0 Å². The van der Waals surface area contributed by atoms with Crippen LogP contribution in [0.1, 0.15) is 13.8 Å².